The second-order valence-corrected chi connectivity index (χ2v) is 18.3. The number of rotatable bonds is 41. The summed E-state index contributed by atoms with van der Waals surface area (Å²) in [6.07, 6.45) is 44.4. The van der Waals surface area contributed by atoms with Crippen molar-refractivity contribution in [1.29, 1.82) is 0 Å². The highest BCUT2D eigenvalue weighted by atomic mass is 31.2. The summed E-state index contributed by atoms with van der Waals surface area (Å²) in [4.78, 5) is 25.4. The van der Waals surface area contributed by atoms with Crippen molar-refractivity contribution in [3.63, 3.8) is 0 Å². The largest absolute Gasteiger partial charge is 0.756 e. The van der Waals surface area contributed by atoms with Crippen molar-refractivity contribution in [3.8, 4) is 0 Å². The number of quaternary nitrogens is 1. The van der Waals surface area contributed by atoms with E-state index in [9.17, 15) is 24.5 Å². The molecule has 0 heterocycles. The van der Waals surface area contributed by atoms with Crippen LogP contribution < -0.4 is 10.2 Å². The zero-order valence-corrected chi connectivity index (χ0v) is 38.3. The molecule has 0 rings (SSSR count). The van der Waals surface area contributed by atoms with Crippen molar-refractivity contribution in [2.75, 3.05) is 40.9 Å². The maximum Gasteiger partial charge on any atom is 0.268 e. The topological polar surface area (TPSA) is 128 Å². The summed E-state index contributed by atoms with van der Waals surface area (Å²) in [7, 11) is 1.09. The molecule has 0 aromatic rings. The minimum atomic E-state index is -4.68. The minimum Gasteiger partial charge on any atom is -0.756 e. The molecule has 0 aromatic heterocycles. The van der Waals surface area contributed by atoms with E-state index in [2.05, 4.69) is 67.8 Å². The molecule has 0 fully saturated rings. The van der Waals surface area contributed by atoms with Gasteiger partial charge in [0, 0.05) is 6.42 Å². The van der Waals surface area contributed by atoms with E-state index in [1.54, 1.807) is 0 Å². The van der Waals surface area contributed by atoms with E-state index in [1.165, 1.54) is 89.9 Å². The Morgan fingerprint density at radius 1 is 0.632 bits per heavy atom. The molecular weight excluding hydrogens is 735 g/mol. The standard InChI is InChI=1S/C47H89N2O7P/c1-6-8-10-12-14-16-18-20-21-22-23-24-25-26-27-28-30-32-34-36-38-40-46(51)48-44(43-56-57(53,54)55-42-41-49(3,4)5)47(52)45(50)39-37-35-33-31-29-19-17-15-13-11-9-7-2/h15,17-18,20,22-23,31,33,44-45,47,50,52H,6-14,16,19,21,24-30,32,34-43H2,1-5H3,(H-,48,51,53,54)/b17-15+,20-18-,23-22-,33-31+. The van der Waals surface area contributed by atoms with Crippen molar-refractivity contribution in [2.24, 2.45) is 0 Å². The van der Waals surface area contributed by atoms with Crippen LogP contribution in [-0.4, -0.2) is 79.8 Å². The summed E-state index contributed by atoms with van der Waals surface area (Å²) in [5, 5.41) is 24.6. The lowest BCUT2D eigenvalue weighted by molar-refractivity contribution is -0.870. The molecule has 0 saturated heterocycles. The van der Waals surface area contributed by atoms with E-state index in [4.69, 9.17) is 9.05 Å². The van der Waals surface area contributed by atoms with Gasteiger partial charge in [-0.25, -0.2) is 0 Å². The number of aliphatic hydroxyl groups is 2. The molecule has 0 spiro atoms. The third-order valence-electron chi connectivity index (χ3n) is 10.1. The van der Waals surface area contributed by atoms with Crippen LogP contribution in [0.25, 0.3) is 0 Å². The first-order valence-corrected chi connectivity index (χ1v) is 24.5. The summed E-state index contributed by atoms with van der Waals surface area (Å²) in [6, 6.07) is -1.10. The number of carbonyl (C=O) groups excluding carboxylic acids is 1. The van der Waals surface area contributed by atoms with Gasteiger partial charge < -0.3 is 34.0 Å². The summed E-state index contributed by atoms with van der Waals surface area (Å²) in [5.74, 6) is -0.299. The number of nitrogens with zero attached hydrogens (tertiary/aromatic N) is 1. The summed E-state index contributed by atoms with van der Waals surface area (Å²) in [5.41, 5.74) is 0. The van der Waals surface area contributed by atoms with Crippen molar-refractivity contribution in [1.82, 2.24) is 5.32 Å². The smallest absolute Gasteiger partial charge is 0.268 e. The molecular formula is C47H89N2O7P. The van der Waals surface area contributed by atoms with Gasteiger partial charge in [-0.05, 0) is 83.5 Å². The van der Waals surface area contributed by atoms with Gasteiger partial charge in [0.25, 0.3) is 7.82 Å². The number of unbranched alkanes of at least 4 members (excludes halogenated alkanes) is 19. The van der Waals surface area contributed by atoms with Gasteiger partial charge in [0.1, 0.15) is 19.3 Å². The maximum absolute atomic E-state index is 12.9. The number of phosphoric ester groups is 1. The number of aliphatic hydroxyl groups excluding tert-OH is 2. The van der Waals surface area contributed by atoms with Crippen molar-refractivity contribution in [3.05, 3.63) is 48.6 Å². The van der Waals surface area contributed by atoms with Crippen LogP contribution in [0.2, 0.25) is 0 Å². The quantitative estimate of drug-likeness (QED) is 0.0242. The van der Waals surface area contributed by atoms with E-state index >= 15 is 0 Å². The lowest BCUT2D eigenvalue weighted by Crippen LogP contribution is -2.51. The summed E-state index contributed by atoms with van der Waals surface area (Å²) < 4.78 is 23.1. The number of amides is 1. The molecule has 3 N–H and O–H groups in total. The first-order chi connectivity index (χ1) is 27.4. The van der Waals surface area contributed by atoms with Crippen LogP contribution in [0.1, 0.15) is 187 Å². The average Bonchev–Trinajstić information content (AvgIpc) is 3.16. The monoisotopic (exact) mass is 825 g/mol. The molecule has 57 heavy (non-hydrogen) atoms. The van der Waals surface area contributed by atoms with Gasteiger partial charge in [-0.1, -0.05) is 146 Å². The lowest BCUT2D eigenvalue weighted by Gasteiger charge is -2.31. The summed E-state index contributed by atoms with van der Waals surface area (Å²) in [6.45, 7) is 4.35. The predicted molar refractivity (Wildman–Crippen MR) is 239 cm³/mol. The number of hydrogen-bond donors (Lipinski definition) is 3. The van der Waals surface area contributed by atoms with Gasteiger partial charge in [-0.3, -0.25) is 9.36 Å². The highest BCUT2D eigenvalue weighted by molar-refractivity contribution is 7.45. The second kappa shape index (κ2) is 38.6. The third-order valence-corrected chi connectivity index (χ3v) is 11.1. The zero-order chi connectivity index (χ0) is 42.3. The lowest BCUT2D eigenvalue weighted by atomic mass is 10.0. The van der Waals surface area contributed by atoms with Crippen LogP contribution in [0.3, 0.4) is 0 Å². The molecule has 0 saturated carbocycles. The fourth-order valence-corrected chi connectivity index (χ4v) is 7.08. The molecule has 0 aliphatic heterocycles. The average molecular weight is 825 g/mol. The molecule has 1 amide bonds. The number of likely N-dealkylation sites (N-methyl/N-ethyl adjacent to an activating group) is 1. The van der Waals surface area contributed by atoms with Crippen molar-refractivity contribution >= 4 is 13.7 Å². The Labute approximate surface area is 351 Å². The van der Waals surface area contributed by atoms with Crippen molar-refractivity contribution in [2.45, 2.75) is 205 Å². The normalized spacial score (nSPS) is 15.3. The molecule has 0 radical (unpaired) electrons. The van der Waals surface area contributed by atoms with Gasteiger partial charge in [0.05, 0.1) is 39.9 Å². The SMILES string of the molecule is CCCCC/C=C/CC/C=C/CCCC(O)C(O)C(COP(=O)([O-])OCC[N+](C)(C)C)NC(=O)CCCCCCCCCCC/C=C\C/C=C\CCCCCCC. The molecule has 0 aliphatic carbocycles. The molecule has 0 aromatic carbocycles. The number of phosphoric acid groups is 1. The highest BCUT2D eigenvalue weighted by Crippen LogP contribution is 2.38. The molecule has 4 unspecified atom stereocenters. The van der Waals surface area contributed by atoms with Crippen LogP contribution in [0.4, 0.5) is 0 Å². The highest BCUT2D eigenvalue weighted by Gasteiger charge is 2.29. The Hall–Kier alpha value is -1.58. The molecule has 9 nitrogen and oxygen atoms in total. The predicted octanol–water partition coefficient (Wildman–Crippen LogP) is 11.2. The molecule has 4 atom stereocenters. The minimum absolute atomic E-state index is 0.0511. The van der Waals surface area contributed by atoms with Gasteiger partial charge in [0.2, 0.25) is 5.91 Å². The number of hydrogen-bond acceptors (Lipinski definition) is 7. The zero-order valence-electron chi connectivity index (χ0n) is 37.4. The Bertz CT molecular complexity index is 1090. The van der Waals surface area contributed by atoms with Crippen LogP contribution in [0.15, 0.2) is 48.6 Å². The second-order valence-electron chi connectivity index (χ2n) is 16.9. The molecule has 334 valence electrons. The fourth-order valence-electron chi connectivity index (χ4n) is 6.36. The number of allylic oxidation sites excluding steroid dienone is 8. The third kappa shape index (κ3) is 39.6. The molecule has 0 bridgehead atoms. The Morgan fingerprint density at radius 2 is 1.07 bits per heavy atom. The fraction of sp³-hybridized carbons (Fsp3) is 0.809. The number of nitrogens with one attached hydrogen (secondary N) is 1. The van der Waals surface area contributed by atoms with Crippen LogP contribution in [0, 0.1) is 0 Å². The van der Waals surface area contributed by atoms with Crippen molar-refractivity contribution < 1.29 is 38.0 Å². The van der Waals surface area contributed by atoms with E-state index in [0.717, 1.165) is 57.8 Å². The maximum atomic E-state index is 12.9. The van der Waals surface area contributed by atoms with E-state index in [0.29, 0.717) is 30.3 Å². The summed E-state index contributed by atoms with van der Waals surface area (Å²) >= 11 is 0. The van der Waals surface area contributed by atoms with Crippen LogP contribution >= 0.6 is 7.82 Å². The van der Waals surface area contributed by atoms with E-state index in [1.807, 2.05) is 21.1 Å². The Balaban J connectivity index is 4.47. The first-order valence-electron chi connectivity index (χ1n) is 23.1. The van der Waals surface area contributed by atoms with Gasteiger partial charge in [-0.15, -0.1) is 0 Å². The van der Waals surface area contributed by atoms with E-state index in [-0.39, 0.29) is 18.9 Å². The van der Waals surface area contributed by atoms with Crippen LogP contribution in [-0.2, 0) is 18.4 Å². The van der Waals surface area contributed by atoms with Gasteiger partial charge >= 0.3 is 0 Å². The molecule has 10 heteroatoms. The molecule has 0 aliphatic rings. The Morgan fingerprint density at radius 3 is 1.61 bits per heavy atom. The number of carbonyl (C=O) groups is 1. The van der Waals surface area contributed by atoms with Gasteiger partial charge in [0.15, 0.2) is 0 Å². The van der Waals surface area contributed by atoms with E-state index < -0.39 is 32.7 Å². The first kappa shape index (κ1) is 55.4. The Kier molecular flexibility index (Phi) is 37.5. The van der Waals surface area contributed by atoms with Crippen LogP contribution in [0.5, 0.6) is 0 Å². The van der Waals surface area contributed by atoms with Gasteiger partial charge in [-0.2, -0.15) is 0 Å².